The van der Waals surface area contributed by atoms with Crippen molar-refractivity contribution in [2.75, 3.05) is 0 Å². The van der Waals surface area contributed by atoms with Crippen LogP contribution in [0.15, 0.2) is 54.7 Å². The van der Waals surface area contributed by atoms with E-state index in [0.717, 1.165) is 25.7 Å². The minimum atomic E-state index is 0.116. The summed E-state index contributed by atoms with van der Waals surface area (Å²) in [5.74, 6) is 0. The van der Waals surface area contributed by atoms with E-state index in [4.69, 9.17) is 0 Å². The predicted octanol–water partition coefficient (Wildman–Crippen LogP) is 12.6. The zero-order chi connectivity index (χ0) is 35.6. The lowest BCUT2D eigenvalue weighted by atomic mass is 9.81. The summed E-state index contributed by atoms with van der Waals surface area (Å²) in [7, 11) is 2.26. The van der Waals surface area contributed by atoms with Crippen LogP contribution in [0.2, 0.25) is 0 Å². The third-order valence-corrected chi connectivity index (χ3v) is 10.3. The van der Waals surface area contributed by atoms with E-state index in [-0.39, 0.29) is 21.7 Å². The van der Waals surface area contributed by atoms with Crippen molar-refractivity contribution in [2.45, 2.75) is 116 Å². The van der Waals surface area contributed by atoms with Gasteiger partial charge in [0.05, 0.1) is 27.3 Å². The first kappa shape index (κ1) is 33.8. The standard InChI is InChI=1S/C47H59N2/c1-28-34-21-29(24-44(2,3)4)15-17-33(34)36(27-47(11,12)13)41-38(28)42-40-31(19-20-48(42)14)23-32(26-46(8,9)10)39-35-22-30(25-45(5,6)7)16-18-37(35)49(41)43(39)40/h15-23H,24-27H2,1-14H3/q+1. The number of aromatic nitrogens is 2. The minimum Gasteiger partial charge on any atom is -0.307 e. The molecule has 0 atom stereocenters. The zero-order valence-corrected chi connectivity index (χ0v) is 32.9. The third kappa shape index (κ3) is 5.98. The van der Waals surface area contributed by atoms with E-state index in [2.05, 4.69) is 161 Å². The van der Waals surface area contributed by atoms with Crippen LogP contribution in [-0.2, 0) is 32.7 Å². The molecule has 0 aliphatic heterocycles. The van der Waals surface area contributed by atoms with Gasteiger partial charge in [0.1, 0.15) is 7.05 Å². The van der Waals surface area contributed by atoms with Gasteiger partial charge in [0.2, 0.25) is 5.52 Å². The van der Waals surface area contributed by atoms with Crippen LogP contribution in [0.25, 0.3) is 59.8 Å². The van der Waals surface area contributed by atoms with Crippen molar-refractivity contribution in [3.05, 3.63) is 82.5 Å². The van der Waals surface area contributed by atoms with Gasteiger partial charge >= 0.3 is 0 Å². The maximum Gasteiger partial charge on any atom is 0.224 e. The molecule has 49 heavy (non-hydrogen) atoms. The highest BCUT2D eigenvalue weighted by Crippen LogP contribution is 2.47. The van der Waals surface area contributed by atoms with Crippen LogP contribution in [0.5, 0.6) is 0 Å². The summed E-state index contributed by atoms with van der Waals surface area (Å²) in [6.07, 6.45) is 6.47. The molecule has 0 spiro atoms. The maximum atomic E-state index is 2.72. The number of fused-ring (bicyclic) bond motifs is 7. The Balaban J connectivity index is 1.79. The molecule has 0 bridgehead atoms. The highest BCUT2D eigenvalue weighted by molar-refractivity contribution is 6.29. The molecule has 2 heteroatoms. The van der Waals surface area contributed by atoms with Gasteiger partial charge in [0.15, 0.2) is 6.20 Å². The van der Waals surface area contributed by atoms with E-state index in [0.29, 0.717) is 0 Å². The number of hydrogen-bond acceptors (Lipinski definition) is 0. The fourth-order valence-electron chi connectivity index (χ4n) is 8.88. The molecule has 7 rings (SSSR count). The van der Waals surface area contributed by atoms with E-state index >= 15 is 0 Å². The second-order valence-corrected chi connectivity index (χ2v) is 20.3. The van der Waals surface area contributed by atoms with Gasteiger partial charge in [-0.25, -0.2) is 4.57 Å². The highest BCUT2D eigenvalue weighted by Gasteiger charge is 2.31. The first-order valence-corrected chi connectivity index (χ1v) is 18.6. The fraction of sp³-hybridized carbons (Fsp3) is 0.468. The summed E-state index contributed by atoms with van der Waals surface area (Å²) in [4.78, 5) is 0. The molecule has 0 radical (unpaired) electrons. The molecular weight excluding hydrogens is 593 g/mol. The van der Waals surface area contributed by atoms with E-state index < -0.39 is 0 Å². The molecule has 7 aromatic rings. The van der Waals surface area contributed by atoms with Crippen molar-refractivity contribution in [2.24, 2.45) is 28.7 Å². The molecule has 0 unspecified atom stereocenters. The number of nitrogens with zero attached hydrogens (tertiary/aromatic N) is 2. The Labute approximate surface area is 294 Å². The molecular formula is C47H59N2+. The quantitative estimate of drug-likeness (QED) is 0.102. The summed E-state index contributed by atoms with van der Waals surface area (Å²) >= 11 is 0. The first-order valence-electron chi connectivity index (χ1n) is 18.6. The molecule has 3 aromatic heterocycles. The summed E-state index contributed by atoms with van der Waals surface area (Å²) in [5, 5.41) is 9.82. The molecule has 2 nitrogen and oxygen atoms in total. The second kappa shape index (κ2) is 10.9. The topological polar surface area (TPSA) is 8.29 Å². The van der Waals surface area contributed by atoms with Crippen LogP contribution in [0.4, 0.5) is 0 Å². The lowest BCUT2D eigenvalue weighted by Crippen LogP contribution is -2.29. The molecule has 0 saturated heterocycles. The van der Waals surface area contributed by atoms with Gasteiger partial charge in [-0.15, -0.1) is 0 Å². The summed E-state index contributed by atoms with van der Waals surface area (Å²) in [5.41, 5.74) is 13.4. The van der Waals surface area contributed by atoms with E-state index in [1.165, 1.54) is 87.6 Å². The molecule has 3 heterocycles. The third-order valence-electron chi connectivity index (χ3n) is 10.3. The second-order valence-electron chi connectivity index (χ2n) is 20.3. The molecule has 0 amide bonds. The summed E-state index contributed by atoms with van der Waals surface area (Å²) < 4.78 is 5.13. The number of benzene rings is 4. The van der Waals surface area contributed by atoms with Crippen LogP contribution in [0, 0.1) is 28.6 Å². The first-order chi connectivity index (χ1) is 22.6. The summed E-state index contributed by atoms with van der Waals surface area (Å²) in [6.45, 7) is 30.9. The van der Waals surface area contributed by atoms with Gasteiger partial charge in [-0.2, -0.15) is 0 Å². The Morgan fingerprint density at radius 2 is 1.12 bits per heavy atom. The van der Waals surface area contributed by atoms with Gasteiger partial charge in [-0.05, 0) is 116 Å². The Morgan fingerprint density at radius 3 is 1.71 bits per heavy atom. The SMILES string of the molecule is Cc1c2cc(CC(C)(C)C)ccc2c(CC(C)(C)C)c2c1c1c3c(cc[n+]1C)cc(CC(C)(C)C)c1c4cc(CC(C)(C)C)ccc4n2c13. The van der Waals surface area contributed by atoms with Crippen LogP contribution in [-0.4, -0.2) is 4.40 Å². The van der Waals surface area contributed by atoms with Crippen molar-refractivity contribution >= 4 is 59.8 Å². The van der Waals surface area contributed by atoms with Crippen LogP contribution in [0.3, 0.4) is 0 Å². The normalized spacial score (nSPS) is 13.8. The Morgan fingerprint density at radius 1 is 0.551 bits per heavy atom. The average Bonchev–Trinajstić information content (AvgIpc) is 3.27. The molecule has 0 N–H and O–H groups in total. The average molecular weight is 652 g/mol. The van der Waals surface area contributed by atoms with E-state index in [1.54, 1.807) is 0 Å². The van der Waals surface area contributed by atoms with Crippen LogP contribution >= 0.6 is 0 Å². The predicted molar refractivity (Wildman–Crippen MR) is 215 cm³/mol. The fourth-order valence-corrected chi connectivity index (χ4v) is 8.88. The van der Waals surface area contributed by atoms with E-state index in [1.807, 2.05) is 0 Å². The Hall–Kier alpha value is -3.65. The number of rotatable bonds is 4. The smallest absolute Gasteiger partial charge is 0.224 e. The largest absolute Gasteiger partial charge is 0.307 e. The van der Waals surface area contributed by atoms with Crippen molar-refractivity contribution in [3.8, 4) is 0 Å². The van der Waals surface area contributed by atoms with Crippen molar-refractivity contribution in [3.63, 3.8) is 0 Å². The van der Waals surface area contributed by atoms with Crippen molar-refractivity contribution in [1.29, 1.82) is 0 Å². The van der Waals surface area contributed by atoms with Gasteiger partial charge < -0.3 is 4.40 Å². The van der Waals surface area contributed by atoms with E-state index in [9.17, 15) is 0 Å². The minimum absolute atomic E-state index is 0.116. The number of pyridine rings is 2. The molecule has 256 valence electrons. The molecule has 4 aromatic carbocycles. The molecule has 0 fully saturated rings. The maximum absolute atomic E-state index is 2.72. The Bertz CT molecular complexity index is 2420. The molecule has 0 aliphatic rings. The number of aryl methyl sites for hydroxylation is 2. The van der Waals surface area contributed by atoms with Gasteiger partial charge in [-0.3, -0.25) is 0 Å². The monoisotopic (exact) mass is 651 g/mol. The Kier molecular flexibility index (Phi) is 7.54. The van der Waals surface area contributed by atoms with Gasteiger partial charge in [-0.1, -0.05) is 107 Å². The number of hydrogen-bond donors (Lipinski definition) is 0. The summed E-state index contributed by atoms with van der Waals surface area (Å²) in [6, 6.07) is 19.7. The zero-order valence-electron chi connectivity index (χ0n) is 32.9. The van der Waals surface area contributed by atoms with Gasteiger partial charge in [0, 0.05) is 16.8 Å². The lowest BCUT2D eigenvalue weighted by Gasteiger charge is -2.25. The van der Waals surface area contributed by atoms with Gasteiger partial charge in [0.25, 0.3) is 0 Å². The lowest BCUT2D eigenvalue weighted by molar-refractivity contribution is -0.643. The van der Waals surface area contributed by atoms with Crippen molar-refractivity contribution in [1.82, 2.24) is 4.40 Å². The highest BCUT2D eigenvalue weighted by atomic mass is 15.0. The van der Waals surface area contributed by atoms with Crippen LogP contribution in [0.1, 0.15) is 111 Å². The van der Waals surface area contributed by atoms with Crippen LogP contribution < -0.4 is 4.57 Å². The molecule has 0 saturated carbocycles. The molecule has 0 aliphatic carbocycles. The van der Waals surface area contributed by atoms with Crippen molar-refractivity contribution < 1.29 is 4.57 Å².